The maximum Gasteiger partial charge on any atom is 0.336 e. The minimum absolute atomic E-state index is 0.100. The van der Waals surface area contributed by atoms with E-state index in [9.17, 15) is 14.9 Å². The molecule has 0 aliphatic heterocycles. The van der Waals surface area contributed by atoms with Gasteiger partial charge in [0, 0.05) is 29.1 Å². The standard InChI is InChI=1S/C17H14N2O5/c1-3-11-7-16(20)24-15-8-13(4-5-14(11)15)23-17-10(2)6-12(9-18-17)19(21)22/h4-9H,3H2,1-2H3. The molecule has 2 aromatic heterocycles. The van der Waals surface area contributed by atoms with Gasteiger partial charge in [0.25, 0.3) is 5.69 Å². The molecule has 1 aromatic carbocycles. The maximum atomic E-state index is 11.6. The predicted molar refractivity (Wildman–Crippen MR) is 87.6 cm³/mol. The van der Waals surface area contributed by atoms with E-state index < -0.39 is 10.5 Å². The third-order valence-corrected chi connectivity index (χ3v) is 3.62. The van der Waals surface area contributed by atoms with Crippen molar-refractivity contribution in [3.8, 4) is 11.6 Å². The van der Waals surface area contributed by atoms with Crippen molar-refractivity contribution in [2.24, 2.45) is 0 Å². The van der Waals surface area contributed by atoms with Gasteiger partial charge in [0.05, 0.1) is 4.92 Å². The second-order valence-electron chi connectivity index (χ2n) is 5.28. The Kier molecular flexibility index (Phi) is 3.99. The van der Waals surface area contributed by atoms with Crippen molar-refractivity contribution in [2.45, 2.75) is 20.3 Å². The van der Waals surface area contributed by atoms with Crippen LogP contribution in [0.5, 0.6) is 11.6 Å². The molecule has 0 bridgehead atoms. The van der Waals surface area contributed by atoms with E-state index in [1.807, 2.05) is 13.0 Å². The van der Waals surface area contributed by atoms with Gasteiger partial charge >= 0.3 is 5.63 Å². The van der Waals surface area contributed by atoms with Crippen LogP contribution in [-0.4, -0.2) is 9.91 Å². The molecule has 0 spiro atoms. The lowest BCUT2D eigenvalue weighted by Crippen LogP contribution is -2.00. The number of rotatable bonds is 4. The normalized spacial score (nSPS) is 10.8. The molecule has 122 valence electrons. The second-order valence-corrected chi connectivity index (χ2v) is 5.28. The summed E-state index contributed by atoms with van der Waals surface area (Å²) < 4.78 is 10.9. The van der Waals surface area contributed by atoms with Crippen LogP contribution in [0.15, 0.2) is 45.7 Å². The van der Waals surface area contributed by atoms with Gasteiger partial charge in [-0.1, -0.05) is 6.92 Å². The first-order valence-electron chi connectivity index (χ1n) is 7.33. The minimum Gasteiger partial charge on any atom is -0.439 e. The highest BCUT2D eigenvalue weighted by Crippen LogP contribution is 2.28. The first kappa shape index (κ1) is 15.7. The van der Waals surface area contributed by atoms with Crippen LogP contribution < -0.4 is 10.4 Å². The third-order valence-electron chi connectivity index (χ3n) is 3.62. The van der Waals surface area contributed by atoms with Gasteiger partial charge in [-0.3, -0.25) is 10.1 Å². The number of pyridine rings is 1. The Labute approximate surface area is 136 Å². The molecule has 3 aromatic rings. The quantitative estimate of drug-likeness (QED) is 0.411. The molecule has 0 saturated heterocycles. The molecule has 0 fully saturated rings. The molecule has 2 heterocycles. The van der Waals surface area contributed by atoms with E-state index >= 15 is 0 Å². The molecule has 24 heavy (non-hydrogen) atoms. The molecule has 0 unspecified atom stereocenters. The summed E-state index contributed by atoms with van der Waals surface area (Å²) in [5, 5.41) is 11.6. The summed E-state index contributed by atoms with van der Waals surface area (Å²) >= 11 is 0. The van der Waals surface area contributed by atoms with Gasteiger partial charge in [0.2, 0.25) is 5.88 Å². The van der Waals surface area contributed by atoms with Crippen molar-refractivity contribution in [3.63, 3.8) is 0 Å². The molecule has 0 aliphatic carbocycles. The number of benzene rings is 1. The van der Waals surface area contributed by atoms with Crippen LogP contribution >= 0.6 is 0 Å². The molecule has 0 radical (unpaired) electrons. The Hall–Kier alpha value is -3.22. The first-order valence-corrected chi connectivity index (χ1v) is 7.33. The predicted octanol–water partition coefficient (Wildman–Crippen LogP) is 3.76. The lowest BCUT2D eigenvalue weighted by atomic mass is 10.1. The average molecular weight is 326 g/mol. The van der Waals surface area contributed by atoms with Crippen LogP contribution in [0.3, 0.4) is 0 Å². The largest absolute Gasteiger partial charge is 0.439 e. The van der Waals surface area contributed by atoms with Gasteiger partial charge < -0.3 is 9.15 Å². The minimum atomic E-state index is -0.513. The number of aromatic nitrogens is 1. The van der Waals surface area contributed by atoms with Crippen molar-refractivity contribution < 1.29 is 14.1 Å². The summed E-state index contributed by atoms with van der Waals surface area (Å²) in [6.07, 6.45) is 1.85. The smallest absolute Gasteiger partial charge is 0.336 e. The highest BCUT2D eigenvalue weighted by molar-refractivity contribution is 5.81. The van der Waals surface area contributed by atoms with E-state index in [0.717, 1.165) is 17.1 Å². The van der Waals surface area contributed by atoms with Crippen molar-refractivity contribution in [1.29, 1.82) is 0 Å². The number of ether oxygens (including phenoxy) is 1. The molecule has 0 N–H and O–H groups in total. The van der Waals surface area contributed by atoms with Crippen molar-refractivity contribution in [3.05, 3.63) is 68.2 Å². The Morgan fingerprint density at radius 1 is 1.29 bits per heavy atom. The summed E-state index contributed by atoms with van der Waals surface area (Å²) in [6.45, 7) is 3.63. The zero-order valence-electron chi connectivity index (χ0n) is 13.1. The molecule has 0 atom stereocenters. The zero-order chi connectivity index (χ0) is 17.3. The molecule has 0 amide bonds. The molecule has 0 saturated carbocycles. The van der Waals surface area contributed by atoms with E-state index in [2.05, 4.69) is 4.98 Å². The average Bonchev–Trinajstić information content (AvgIpc) is 2.55. The van der Waals surface area contributed by atoms with Crippen LogP contribution in [0, 0.1) is 17.0 Å². The fourth-order valence-corrected chi connectivity index (χ4v) is 2.43. The number of nitro groups is 1. The lowest BCUT2D eigenvalue weighted by Gasteiger charge is -2.09. The van der Waals surface area contributed by atoms with Crippen LogP contribution in [0.25, 0.3) is 11.0 Å². The highest BCUT2D eigenvalue weighted by atomic mass is 16.6. The zero-order valence-corrected chi connectivity index (χ0v) is 13.1. The summed E-state index contributed by atoms with van der Waals surface area (Å²) in [4.78, 5) is 25.8. The SMILES string of the molecule is CCc1cc(=O)oc2cc(Oc3ncc([N+](=O)[O-])cc3C)ccc12. The number of hydrogen-bond donors (Lipinski definition) is 0. The van der Waals surface area contributed by atoms with Gasteiger partial charge in [-0.05, 0) is 31.0 Å². The molecule has 7 nitrogen and oxygen atoms in total. The van der Waals surface area contributed by atoms with Crippen molar-refractivity contribution in [2.75, 3.05) is 0 Å². The molecule has 7 heteroatoms. The Bertz CT molecular complexity index is 994. The molecular weight excluding hydrogens is 312 g/mol. The fourth-order valence-electron chi connectivity index (χ4n) is 2.43. The van der Waals surface area contributed by atoms with E-state index in [0.29, 0.717) is 23.3 Å². The topological polar surface area (TPSA) is 95.5 Å². The van der Waals surface area contributed by atoms with Gasteiger partial charge in [-0.2, -0.15) is 0 Å². The summed E-state index contributed by atoms with van der Waals surface area (Å²) in [5.74, 6) is 0.692. The van der Waals surface area contributed by atoms with Gasteiger partial charge in [-0.15, -0.1) is 0 Å². The van der Waals surface area contributed by atoms with E-state index in [4.69, 9.17) is 9.15 Å². The van der Waals surface area contributed by atoms with Gasteiger partial charge in [-0.25, -0.2) is 9.78 Å². The van der Waals surface area contributed by atoms with Crippen LogP contribution in [-0.2, 0) is 6.42 Å². The summed E-state index contributed by atoms with van der Waals surface area (Å²) in [7, 11) is 0. The monoisotopic (exact) mass is 326 g/mol. The third kappa shape index (κ3) is 2.96. The Morgan fingerprint density at radius 2 is 2.08 bits per heavy atom. The number of hydrogen-bond acceptors (Lipinski definition) is 6. The molecule has 3 rings (SSSR count). The highest BCUT2D eigenvalue weighted by Gasteiger charge is 2.12. The van der Waals surface area contributed by atoms with E-state index in [1.54, 1.807) is 19.1 Å². The lowest BCUT2D eigenvalue weighted by molar-refractivity contribution is -0.385. The first-order chi connectivity index (χ1) is 11.5. The number of aryl methyl sites for hydroxylation is 2. The van der Waals surface area contributed by atoms with Crippen LogP contribution in [0.4, 0.5) is 5.69 Å². The molecular formula is C17H14N2O5. The van der Waals surface area contributed by atoms with E-state index in [1.165, 1.54) is 12.1 Å². The second kappa shape index (κ2) is 6.11. The Morgan fingerprint density at radius 3 is 2.75 bits per heavy atom. The summed E-state index contributed by atoms with van der Waals surface area (Å²) in [6, 6.07) is 8.03. The number of nitrogens with zero attached hydrogens (tertiary/aromatic N) is 2. The van der Waals surface area contributed by atoms with Gasteiger partial charge in [0.15, 0.2) is 0 Å². The maximum absolute atomic E-state index is 11.6. The molecule has 0 aliphatic rings. The fraction of sp³-hybridized carbons (Fsp3) is 0.176. The number of fused-ring (bicyclic) bond motifs is 1. The van der Waals surface area contributed by atoms with E-state index in [-0.39, 0.29) is 11.6 Å². The van der Waals surface area contributed by atoms with Crippen LogP contribution in [0.2, 0.25) is 0 Å². The Balaban J connectivity index is 1.99. The van der Waals surface area contributed by atoms with Crippen molar-refractivity contribution in [1.82, 2.24) is 4.98 Å². The van der Waals surface area contributed by atoms with Crippen molar-refractivity contribution >= 4 is 16.7 Å². The van der Waals surface area contributed by atoms with Crippen LogP contribution in [0.1, 0.15) is 18.1 Å². The summed E-state index contributed by atoms with van der Waals surface area (Å²) in [5.41, 5.74) is 1.35. The van der Waals surface area contributed by atoms with Gasteiger partial charge in [0.1, 0.15) is 17.5 Å².